The standard InChI is InChI=1S/C14H20N2O2/c1-2-6-13(15)14(18)16(9-10-17)11-12-7-4-3-5-8-12/h2-5,7-8,13,17H,1,6,9-11,15H2. The molecular weight excluding hydrogens is 228 g/mol. The van der Waals surface area contributed by atoms with E-state index in [1.165, 1.54) is 0 Å². The molecule has 0 saturated carbocycles. The Bertz CT molecular complexity index is 379. The fourth-order valence-electron chi connectivity index (χ4n) is 1.71. The number of carbonyl (C=O) groups excluding carboxylic acids is 1. The van der Waals surface area contributed by atoms with Crippen molar-refractivity contribution in [3.05, 3.63) is 48.6 Å². The lowest BCUT2D eigenvalue weighted by Crippen LogP contribution is -2.44. The van der Waals surface area contributed by atoms with Crippen molar-refractivity contribution in [2.45, 2.75) is 19.0 Å². The van der Waals surface area contributed by atoms with Crippen LogP contribution in [0.15, 0.2) is 43.0 Å². The molecule has 1 aromatic carbocycles. The van der Waals surface area contributed by atoms with Gasteiger partial charge >= 0.3 is 0 Å². The zero-order valence-corrected chi connectivity index (χ0v) is 10.5. The molecule has 1 rings (SSSR count). The largest absolute Gasteiger partial charge is 0.395 e. The Kier molecular flexibility index (Phi) is 6.11. The first-order valence-electron chi connectivity index (χ1n) is 5.99. The Labute approximate surface area is 108 Å². The summed E-state index contributed by atoms with van der Waals surface area (Å²) in [5.74, 6) is -0.159. The third-order valence-electron chi connectivity index (χ3n) is 2.64. The average molecular weight is 248 g/mol. The minimum Gasteiger partial charge on any atom is -0.395 e. The topological polar surface area (TPSA) is 66.6 Å². The number of nitrogens with two attached hydrogens (primary N) is 1. The van der Waals surface area contributed by atoms with Crippen molar-refractivity contribution in [1.82, 2.24) is 4.90 Å². The van der Waals surface area contributed by atoms with Crippen LogP contribution >= 0.6 is 0 Å². The van der Waals surface area contributed by atoms with Gasteiger partial charge < -0.3 is 15.7 Å². The molecular formula is C14H20N2O2. The summed E-state index contributed by atoms with van der Waals surface area (Å²) in [4.78, 5) is 13.6. The number of benzene rings is 1. The number of nitrogens with zero attached hydrogens (tertiary/aromatic N) is 1. The van der Waals surface area contributed by atoms with Crippen LogP contribution in [0.5, 0.6) is 0 Å². The number of aliphatic hydroxyl groups excluding tert-OH is 1. The molecule has 1 atom stereocenters. The third-order valence-corrected chi connectivity index (χ3v) is 2.64. The molecule has 18 heavy (non-hydrogen) atoms. The van der Waals surface area contributed by atoms with Crippen LogP contribution in [0.4, 0.5) is 0 Å². The molecule has 0 fully saturated rings. The van der Waals surface area contributed by atoms with Crippen molar-refractivity contribution in [1.29, 1.82) is 0 Å². The predicted octanol–water partition coefficient (Wildman–Crippen LogP) is 0.911. The normalized spacial score (nSPS) is 11.9. The van der Waals surface area contributed by atoms with Crippen LogP contribution in [0.25, 0.3) is 0 Å². The number of rotatable bonds is 7. The van der Waals surface area contributed by atoms with Crippen LogP contribution in [-0.2, 0) is 11.3 Å². The molecule has 0 heterocycles. The first-order valence-corrected chi connectivity index (χ1v) is 5.99. The van der Waals surface area contributed by atoms with E-state index in [2.05, 4.69) is 6.58 Å². The van der Waals surface area contributed by atoms with E-state index in [1.807, 2.05) is 30.3 Å². The van der Waals surface area contributed by atoms with Crippen molar-refractivity contribution in [2.75, 3.05) is 13.2 Å². The second-order valence-electron chi connectivity index (χ2n) is 4.10. The second kappa shape index (κ2) is 7.63. The zero-order valence-electron chi connectivity index (χ0n) is 10.5. The molecule has 0 saturated heterocycles. The lowest BCUT2D eigenvalue weighted by molar-refractivity contribution is -0.133. The monoisotopic (exact) mass is 248 g/mol. The van der Waals surface area contributed by atoms with Gasteiger partial charge in [-0.1, -0.05) is 36.4 Å². The van der Waals surface area contributed by atoms with E-state index in [9.17, 15) is 4.79 Å². The van der Waals surface area contributed by atoms with Gasteiger partial charge in [-0.15, -0.1) is 6.58 Å². The number of amides is 1. The first kappa shape index (κ1) is 14.4. The fourth-order valence-corrected chi connectivity index (χ4v) is 1.71. The maximum atomic E-state index is 12.1. The Balaban J connectivity index is 2.70. The summed E-state index contributed by atoms with van der Waals surface area (Å²) in [5.41, 5.74) is 6.79. The predicted molar refractivity (Wildman–Crippen MR) is 71.7 cm³/mol. The summed E-state index contributed by atoms with van der Waals surface area (Å²) in [7, 11) is 0. The summed E-state index contributed by atoms with van der Waals surface area (Å²) < 4.78 is 0. The van der Waals surface area contributed by atoms with Gasteiger partial charge in [-0.3, -0.25) is 4.79 Å². The first-order chi connectivity index (χ1) is 8.69. The summed E-state index contributed by atoms with van der Waals surface area (Å²) in [6.45, 7) is 4.26. The van der Waals surface area contributed by atoms with Gasteiger partial charge in [0.05, 0.1) is 12.6 Å². The molecule has 0 aliphatic carbocycles. The van der Waals surface area contributed by atoms with Gasteiger partial charge in [-0.05, 0) is 12.0 Å². The lowest BCUT2D eigenvalue weighted by atomic mass is 10.1. The van der Waals surface area contributed by atoms with Crippen molar-refractivity contribution in [3.63, 3.8) is 0 Å². The quantitative estimate of drug-likeness (QED) is 0.705. The summed E-state index contributed by atoms with van der Waals surface area (Å²) in [6, 6.07) is 9.05. The molecule has 4 heteroatoms. The van der Waals surface area contributed by atoms with Gasteiger partial charge in [0.2, 0.25) is 5.91 Å². The highest BCUT2D eigenvalue weighted by Crippen LogP contribution is 2.06. The van der Waals surface area contributed by atoms with Crippen molar-refractivity contribution in [3.8, 4) is 0 Å². The minimum atomic E-state index is -0.585. The third kappa shape index (κ3) is 4.31. The summed E-state index contributed by atoms with van der Waals surface area (Å²) >= 11 is 0. The van der Waals surface area contributed by atoms with Crippen molar-refractivity contribution < 1.29 is 9.90 Å². The molecule has 0 radical (unpaired) electrons. The fraction of sp³-hybridized carbons (Fsp3) is 0.357. The van der Waals surface area contributed by atoms with Crippen molar-refractivity contribution >= 4 is 5.91 Å². The van der Waals surface area contributed by atoms with Crippen LogP contribution in [0.3, 0.4) is 0 Å². The molecule has 0 aromatic heterocycles. The van der Waals surface area contributed by atoms with E-state index < -0.39 is 6.04 Å². The van der Waals surface area contributed by atoms with E-state index in [0.29, 0.717) is 19.5 Å². The zero-order chi connectivity index (χ0) is 13.4. The lowest BCUT2D eigenvalue weighted by Gasteiger charge is -2.24. The summed E-state index contributed by atoms with van der Waals surface area (Å²) in [6.07, 6.45) is 2.07. The van der Waals surface area contributed by atoms with Gasteiger partial charge in [0.15, 0.2) is 0 Å². The molecule has 0 aliphatic heterocycles. The van der Waals surface area contributed by atoms with Gasteiger partial charge in [0.1, 0.15) is 0 Å². The highest BCUT2D eigenvalue weighted by atomic mass is 16.3. The number of hydrogen-bond acceptors (Lipinski definition) is 3. The molecule has 98 valence electrons. The van der Waals surface area contributed by atoms with E-state index in [4.69, 9.17) is 10.8 Å². The molecule has 1 unspecified atom stereocenters. The van der Waals surface area contributed by atoms with E-state index in [0.717, 1.165) is 5.56 Å². The Morgan fingerprint density at radius 3 is 2.67 bits per heavy atom. The SMILES string of the molecule is C=CCC(N)C(=O)N(CCO)Cc1ccccc1. The number of hydrogen-bond donors (Lipinski definition) is 2. The second-order valence-corrected chi connectivity index (χ2v) is 4.10. The van der Waals surface area contributed by atoms with Crippen molar-refractivity contribution in [2.24, 2.45) is 5.73 Å². The maximum absolute atomic E-state index is 12.1. The van der Waals surface area contributed by atoms with Gasteiger partial charge in [-0.2, -0.15) is 0 Å². The van der Waals surface area contributed by atoms with Gasteiger partial charge in [0.25, 0.3) is 0 Å². The highest BCUT2D eigenvalue weighted by Gasteiger charge is 2.19. The maximum Gasteiger partial charge on any atom is 0.240 e. The van der Waals surface area contributed by atoms with Crippen LogP contribution in [0.1, 0.15) is 12.0 Å². The van der Waals surface area contributed by atoms with E-state index >= 15 is 0 Å². The van der Waals surface area contributed by atoms with Crippen LogP contribution < -0.4 is 5.73 Å². The molecule has 0 aliphatic rings. The van der Waals surface area contributed by atoms with Gasteiger partial charge in [-0.25, -0.2) is 0 Å². The summed E-state index contributed by atoms with van der Waals surface area (Å²) in [5, 5.41) is 9.02. The molecule has 1 amide bonds. The molecule has 0 spiro atoms. The Morgan fingerprint density at radius 2 is 2.11 bits per heavy atom. The number of carbonyl (C=O) groups is 1. The molecule has 4 nitrogen and oxygen atoms in total. The molecule has 3 N–H and O–H groups in total. The minimum absolute atomic E-state index is 0.0701. The van der Waals surface area contributed by atoms with Crippen LogP contribution in [-0.4, -0.2) is 35.1 Å². The van der Waals surface area contributed by atoms with Crippen LogP contribution in [0.2, 0.25) is 0 Å². The Hall–Kier alpha value is -1.65. The van der Waals surface area contributed by atoms with Crippen LogP contribution in [0, 0.1) is 0 Å². The molecule has 1 aromatic rings. The van der Waals surface area contributed by atoms with E-state index in [-0.39, 0.29) is 12.5 Å². The smallest absolute Gasteiger partial charge is 0.240 e. The highest BCUT2D eigenvalue weighted by molar-refractivity contribution is 5.81. The average Bonchev–Trinajstić information content (AvgIpc) is 2.39. The number of aliphatic hydroxyl groups is 1. The Morgan fingerprint density at radius 1 is 1.44 bits per heavy atom. The van der Waals surface area contributed by atoms with Gasteiger partial charge in [0, 0.05) is 13.1 Å². The molecule has 0 bridgehead atoms. The van der Waals surface area contributed by atoms with E-state index in [1.54, 1.807) is 11.0 Å².